The molecule has 19 heavy (non-hydrogen) atoms. The highest BCUT2D eigenvalue weighted by atomic mass is 15.2. The molecule has 2 nitrogen and oxygen atoms in total. The molecule has 0 spiro atoms. The van der Waals surface area contributed by atoms with Crippen LogP contribution in [-0.4, -0.2) is 36.1 Å². The summed E-state index contributed by atoms with van der Waals surface area (Å²) in [5, 5.41) is 3.64. The lowest BCUT2D eigenvalue weighted by molar-refractivity contribution is 0.0958. The van der Waals surface area contributed by atoms with Crippen molar-refractivity contribution in [3.63, 3.8) is 0 Å². The summed E-state index contributed by atoms with van der Waals surface area (Å²) in [6.45, 7) is 15.0. The highest BCUT2D eigenvalue weighted by Gasteiger charge is 2.27. The maximum Gasteiger partial charge on any atom is 0.0105 e. The van der Waals surface area contributed by atoms with Gasteiger partial charge in [-0.05, 0) is 66.0 Å². The fourth-order valence-electron chi connectivity index (χ4n) is 3.14. The minimum atomic E-state index is 0.228. The average molecular weight is 268 g/mol. The van der Waals surface area contributed by atoms with Crippen molar-refractivity contribution in [2.24, 2.45) is 11.8 Å². The molecule has 1 fully saturated rings. The van der Waals surface area contributed by atoms with Crippen LogP contribution in [0.1, 0.15) is 67.2 Å². The van der Waals surface area contributed by atoms with Crippen LogP contribution in [0.25, 0.3) is 0 Å². The molecule has 0 saturated heterocycles. The monoisotopic (exact) mass is 268 g/mol. The summed E-state index contributed by atoms with van der Waals surface area (Å²) in [7, 11) is 2.33. The van der Waals surface area contributed by atoms with Gasteiger partial charge in [0, 0.05) is 17.6 Å². The Balaban J connectivity index is 2.44. The van der Waals surface area contributed by atoms with Crippen LogP contribution in [0.2, 0.25) is 0 Å². The molecule has 1 N–H and O–H groups in total. The number of nitrogens with one attached hydrogen (secondary N) is 1. The van der Waals surface area contributed by atoms with Gasteiger partial charge in [0.15, 0.2) is 0 Å². The summed E-state index contributed by atoms with van der Waals surface area (Å²) in [5.74, 6) is 1.61. The summed E-state index contributed by atoms with van der Waals surface area (Å²) in [6, 6.07) is 1.46. The normalized spacial score (nSPS) is 28.4. The minimum absolute atomic E-state index is 0.228. The lowest BCUT2D eigenvalue weighted by atomic mass is 9.85. The van der Waals surface area contributed by atoms with Gasteiger partial charge in [0.2, 0.25) is 0 Å². The van der Waals surface area contributed by atoms with Crippen LogP contribution in [0.4, 0.5) is 0 Å². The summed E-state index contributed by atoms with van der Waals surface area (Å²) in [6.07, 6.45) is 5.63. The summed E-state index contributed by atoms with van der Waals surface area (Å²) < 4.78 is 0. The van der Waals surface area contributed by atoms with Gasteiger partial charge in [0.25, 0.3) is 0 Å². The maximum atomic E-state index is 3.64. The van der Waals surface area contributed by atoms with E-state index in [-0.39, 0.29) is 5.54 Å². The molecule has 1 aliphatic rings. The van der Waals surface area contributed by atoms with Gasteiger partial charge in [-0.1, -0.05) is 26.7 Å². The van der Waals surface area contributed by atoms with E-state index in [1.165, 1.54) is 25.7 Å². The van der Waals surface area contributed by atoms with E-state index in [1.807, 2.05) is 0 Å². The smallest absolute Gasteiger partial charge is 0.0105 e. The van der Waals surface area contributed by atoms with E-state index in [1.54, 1.807) is 0 Å². The SMILES string of the molecule is CC1CCCC(N(C)C(C)C(C)CNC(C)(C)C)C1. The topological polar surface area (TPSA) is 15.3 Å². The molecule has 1 aliphatic carbocycles. The third kappa shape index (κ3) is 5.83. The molecule has 2 heteroatoms. The highest BCUT2D eigenvalue weighted by Crippen LogP contribution is 2.28. The molecule has 1 saturated carbocycles. The second-order valence-electron chi connectivity index (χ2n) is 7.94. The van der Waals surface area contributed by atoms with E-state index < -0.39 is 0 Å². The van der Waals surface area contributed by atoms with Gasteiger partial charge < -0.3 is 10.2 Å². The number of hydrogen-bond donors (Lipinski definition) is 1. The highest BCUT2D eigenvalue weighted by molar-refractivity contribution is 4.83. The Morgan fingerprint density at radius 3 is 2.37 bits per heavy atom. The Kier molecular flexibility index (Phi) is 6.32. The molecule has 0 aliphatic heterocycles. The van der Waals surface area contributed by atoms with E-state index in [9.17, 15) is 0 Å². The molecule has 0 amide bonds. The summed E-state index contributed by atoms with van der Waals surface area (Å²) in [5.41, 5.74) is 0.228. The predicted molar refractivity (Wildman–Crippen MR) is 85.6 cm³/mol. The molecule has 4 atom stereocenters. The van der Waals surface area contributed by atoms with Crippen molar-refractivity contribution < 1.29 is 0 Å². The second-order valence-corrected chi connectivity index (χ2v) is 7.94. The number of rotatable bonds is 5. The van der Waals surface area contributed by atoms with Gasteiger partial charge in [-0.15, -0.1) is 0 Å². The van der Waals surface area contributed by atoms with Gasteiger partial charge in [-0.25, -0.2) is 0 Å². The Bertz CT molecular complexity index is 256. The first-order chi connectivity index (χ1) is 8.70. The molecule has 1 rings (SSSR count). The summed E-state index contributed by atoms with van der Waals surface area (Å²) >= 11 is 0. The number of hydrogen-bond acceptors (Lipinski definition) is 2. The molecular weight excluding hydrogens is 232 g/mol. The van der Waals surface area contributed by atoms with E-state index in [0.717, 1.165) is 18.5 Å². The number of nitrogens with zero attached hydrogens (tertiary/aromatic N) is 1. The lowest BCUT2D eigenvalue weighted by Gasteiger charge is -2.40. The van der Waals surface area contributed by atoms with E-state index in [4.69, 9.17) is 0 Å². The van der Waals surface area contributed by atoms with Gasteiger partial charge in [-0.2, -0.15) is 0 Å². The molecule has 114 valence electrons. The van der Waals surface area contributed by atoms with Crippen molar-refractivity contribution >= 4 is 0 Å². The third-order valence-corrected chi connectivity index (χ3v) is 4.90. The Hall–Kier alpha value is -0.0800. The van der Waals surface area contributed by atoms with Gasteiger partial charge >= 0.3 is 0 Å². The molecule has 0 bridgehead atoms. The first-order valence-corrected chi connectivity index (χ1v) is 8.17. The predicted octanol–water partition coefficient (Wildman–Crippen LogP) is 3.91. The maximum absolute atomic E-state index is 3.64. The lowest BCUT2D eigenvalue weighted by Crippen LogP contribution is -2.48. The Morgan fingerprint density at radius 2 is 1.84 bits per heavy atom. The van der Waals surface area contributed by atoms with Crippen LogP contribution in [0, 0.1) is 11.8 Å². The molecule has 0 heterocycles. The zero-order valence-electron chi connectivity index (χ0n) is 14.3. The first kappa shape index (κ1) is 17.0. The Morgan fingerprint density at radius 1 is 1.21 bits per heavy atom. The van der Waals surface area contributed by atoms with Crippen molar-refractivity contribution in [1.29, 1.82) is 0 Å². The minimum Gasteiger partial charge on any atom is -0.312 e. The van der Waals surface area contributed by atoms with Crippen LogP contribution in [0.15, 0.2) is 0 Å². The van der Waals surface area contributed by atoms with Crippen molar-refractivity contribution in [2.45, 2.75) is 84.8 Å². The van der Waals surface area contributed by atoms with Crippen LogP contribution < -0.4 is 5.32 Å². The van der Waals surface area contributed by atoms with Crippen LogP contribution in [0.5, 0.6) is 0 Å². The van der Waals surface area contributed by atoms with Crippen molar-refractivity contribution in [3.8, 4) is 0 Å². The fourth-order valence-corrected chi connectivity index (χ4v) is 3.14. The van der Waals surface area contributed by atoms with Gasteiger partial charge in [0.05, 0.1) is 0 Å². The molecule has 0 aromatic rings. The molecule has 4 unspecified atom stereocenters. The molecule has 0 radical (unpaired) electrons. The van der Waals surface area contributed by atoms with Gasteiger partial charge in [-0.3, -0.25) is 0 Å². The van der Waals surface area contributed by atoms with E-state index >= 15 is 0 Å². The van der Waals surface area contributed by atoms with Crippen molar-refractivity contribution in [2.75, 3.05) is 13.6 Å². The second kappa shape index (κ2) is 7.08. The quantitative estimate of drug-likeness (QED) is 0.813. The standard InChI is InChI=1S/C17H36N2/c1-13-9-8-10-16(11-13)19(7)15(3)14(2)12-18-17(4,5)6/h13-16,18H,8-12H2,1-7H3. The Labute approximate surface area is 121 Å². The third-order valence-electron chi connectivity index (χ3n) is 4.90. The molecule has 0 aromatic heterocycles. The first-order valence-electron chi connectivity index (χ1n) is 8.17. The van der Waals surface area contributed by atoms with Crippen molar-refractivity contribution in [3.05, 3.63) is 0 Å². The van der Waals surface area contributed by atoms with Crippen LogP contribution >= 0.6 is 0 Å². The van der Waals surface area contributed by atoms with E-state index in [2.05, 4.69) is 58.8 Å². The zero-order chi connectivity index (χ0) is 14.6. The largest absolute Gasteiger partial charge is 0.312 e. The van der Waals surface area contributed by atoms with Gasteiger partial charge in [0.1, 0.15) is 0 Å². The zero-order valence-corrected chi connectivity index (χ0v) is 14.3. The average Bonchev–Trinajstić information content (AvgIpc) is 2.33. The van der Waals surface area contributed by atoms with Crippen LogP contribution in [-0.2, 0) is 0 Å². The fraction of sp³-hybridized carbons (Fsp3) is 1.00. The summed E-state index contributed by atoms with van der Waals surface area (Å²) in [4.78, 5) is 2.64. The van der Waals surface area contributed by atoms with Crippen LogP contribution in [0.3, 0.4) is 0 Å². The van der Waals surface area contributed by atoms with E-state index in [0.29, 0.717) is 12.0 Å². The van der Waals surface area contributed by atoms with Crippen molar-refractivity contribution in [1.82, 2.24) is 10.2 Å². The molecular formula is C17H36N2. The molecule has 0 aromatic carbocycles.